The van der Waals surface area contributed by atoms with Gasteiger partial charge in [0.05, 0.1) is 11.1 Å². The summed E-state index contributed by atoms with van der Waals surface area (Å²) in [5.41, 5.74) is 6.53. The number of hydrogen-bond acceptors (Lipinski definition) is 5. The molecule has 0 fully saturated rings. The molecule has 3 aromatic carbocycles. The number of hydrogen-bond donors (Lipinski definition) is 0. The molecule has 3 aromatic heterocycles. The van der Waals surface area contributed by atoms with Crippen LogP contribution in [-0.4, -0.2) is 15.0 Å². The van der Waals surface area contributed by atoms with E-state index in [2.05, 4.69) is 82.8 Å². The predicted octanol–water partition coefficient (Wildman–Crippen LogP) is 6.88. The van der Waals surface area contributed by atoms with E-state index in [9.17, 15) is 0 Å². The second-order valence-corrected chi connectivity index (χ2v) is 8.72. The number of rotatable bonds is 5. The van der Waals surface area contributed by atoms with Crippen molar-refractivity contribution in [3.63, 3.8) is 0 Å². The first-order chi connectivity index (χ1) is 18.3. The van der Waals surface area contributed by atoms with Gasteiger partial charge in [-0.25, -0.2) is 0 Å². The molecule has 184 valence electrons. The van der Waals surface area contributed by atoms with Crippen LogP contribution < -0.4 is 4.74 Å². The van der Waals surface area contributed by atoms with Gasteiger partial charge in [-0.05, 0) is 46.7 Å². The molecular weight excluding hydrogens is 653 g/mol. The molecule has 38 heavy (non-hydrogen) atoms. The Hall–Kier alpha value is -4.34. The summed E-state index contributed by atoms with van der Waals surface area (Å²) in [6.45, 7) is 0. The van der Waals surface area contributed by atoms with Crippen LogP contribution in [0.2, 0.25) is 0 Å². The van der Waals surface area contributed by atoms with Crippen molar-refractivity contribution in [2.75, 3.05) is 0 Å². The van der Waals surface area contributed by atoms with Gasteiger partial charge in [-0.3, -0.25) is 4.98 Å². The zero-order valence-electron chi connectivity index (χ0n) is 19.9. The van der Waals surface area contributed by atoms with Crippen molar-refractivity contribution in [1.82, 2.24) is 15.0 Å². The standard InChI is InChI=1S/C32H19N3O2.Pt/c1-3-13-27-25(11-1)26-12-2-4-14-28(26)32(27,29-15-5-6-16-33-29)23-9-7-10-24(20-23)37-30-19-22(21-36-30)31-34-17-8-18-35-31;/h1-18,21H;/q-2;+2. The summed E-state index contributed by atoms with van der Waals surface area (Å²) in [7, 11) is 0. The normalized spacial score (nSPS) is 12.7. The molecule has 1 aliphatic rings. The van der Waals surface area contributed by atoms with Gasteiger partial charge in [0, 0.05) is 30.2 Å². The van der Waals surface area contributed by atoms with Gasteiger partial charge in [0.15, 0.2) is 0 Å². The van der Waals surface area contributed by atoms with Crippen molar-refractivity contribution in [3.8, 4) is 34.2 Å². The van der Waals surface area contributed by atoms with E-state index in [-0.39, 0.29) is 27.0 Å². The summed E-state index contributed by atoms with van der Waals surface area (Å²) in [4.78, 5) is 13.4. The van der Waals surface area contributed by atoms with E-state index in [1.807, 2.05) is 30.5 Å². The minimum atomic E-state index is -0.649. The van der Waals surface area contributed by atoms with E-state index in [4.69, 9.17) is 14.1 Å². The van der Waals surface area contributed by atoms with E-state index < -0.39 is 5.41 Å². The van der Waals surface area contributed by atoms with Gasteiger partial charge in [0.1, 0.15) is 0 Å². The zero-order valence-corrected chi connectivity index (χ0v) is 22.2. The van der Waals surface area contributed by atoms with Crippen LogP contribution in [0.15, 0.2) is 120 Å². The fraction of sp³-hybridized carbons (Fsp3) is 0.0312. The van der Waals surface area contributed by atoms with Gasteiger partial charge in [-0.1, -0.05) is 60.7 Å². The van der Waals surface area contributed by atoms with Gasteiger partial charge < -0.3 is 19.1 Å². The maximum absolute atomic E-state index is 6.08. The predicted molar refractivity (Wildman–Crippen MR) is 139 cm³/mol. The molecule has 0 N–H and O–H groups in total. The number of benzene rings is 3. The smallest absolute Gasteiger partial charge is 0.507 e. The van der Waals surface area contributed by atoms with E-state index in [0.29, 0.717) is 17.1 Å². The van der Waals surface area contributed by atoms with E-state index >= 15 is 0 Å². The van der Waals surface area contributed by atoms with E-state index in [1.54, 1.807) is 18.5 Å². The first-order valence-corrected chi connectivity index (χ1v) is 11.9. The minimum absolute atomic E-state index is 0. The Balaban J connectivity index is 0.00000264. The third-order valence-electron chi connectivity index (χ3n) is 6.70. The summed E-state index contributed by atoms with van der Waals surface area (Å²) in [6, 6.07) is 37.3. The Bertz CT molecular complexity index is 1670. The molecule has 0 bridgehead atoms. The molecule has 0 saturated carbocycles. The Morgan fingerprint density at radius 1 is 0.658 bits per heavy atom. The molecule has 7 rings (SSSR count). The second-order valence-electron chi connectivity index (χ2n) is 8.72. The van der Waals surface area contributed by atoms with Crippen LogP contribution in [0.25, 0.3) is 22.5 Å². The molecule has 3 heterocycles. The number of nitrogens with zero attached hydrogens (tertiary/aromatic N) is 3. The van der Waals surface area contributed by atoms with Gasteiger partial charge in [-0.15, -0.1) is 23.3 Å². The molecule has 5 nitrogen and oxygen atoms in total. The summed E-state index contributed by atoms with van der Waals surface area (Å²) in [5.74, 6) is 1.25. The Kier molecular flexibility index (Phi) is 6.22. The monoisotopic (exact) mass is 672 g/mol. The van der Waals surface area contributed by atoms with Crippen LogP contribution in [0.5, 0.6) is 11.7 Å². The van der Waals surface area contributed by atoms with Crippen molar-refractivity contribution in [3.05, 3.63) is 150 Å². The maximum Gasteiger partial charge on any atom is 2.00 e. The van der Waals surface area contributed by atoms with E-state index in [0.717, 1.165) is 22.4 Å². The molecule has 1 aliphatic carbocycles. The number of aromatic nitrogens is 3. The summed E-state index contributed by atoms with van der Waals surface area (Å²) < 4.78 is 11.7. The number of fused-ring (bicyclic) bond motifs is 3. The third-order valence-corrected chi connectivity index (χ3v) is 6.70. The van der Waals surface area contributed by atoms with Crippen molar-refractivity contribution in [1.29, 1.82) is 0 Å². The largest absolute Gasteiger partial charge is 2.00 e. The SMILES string of the molecule is [Pt+2].[c-]1c(Oc2[c-]c(-c3ncccn3)co2)cccc1C1(c2ccccn2)c2ccccc2-c2ccccc21. The van der Waals surface area contributed by atoms with Gasteiger partial charge in [-0.2, -0.15) is 12.1 Å². The summed E-state index contributed by atoms with van der Waals surface area (Å²) >= 11 is 0. The summed E-state index contributed by atoms with van der Waals surface area (Å²) in [5, 5.41) is 0. The molecule has 0 spiro atoms. The molecule has 6 heteroatoms. The first-order valence-electron chi connectivity index (χ1n) is 11.9. The van der Waals surface area contributed by atoms with E-state index in [1.165, 1.54) is 17.4 Å². The van der Waals surface area contributed by atoms with Gasteiger partial charge >= 0.3 is 21.1 Å². The molecule has 6 aromatic rings. The molecule has 0 unspecified atom stereocenters. The number of pyridine rings is 1. The molecular formula is C32H19N3O2Pt. The fourth-order valence-corrected chi connectivity index (χ4v) is 5.23. The Morgan fingerprint density at radius 3 is 2.05 bits per heavy atom. The van der Waals surface area contributed by atoms with Crippen molar-refractivity contribution in [2.24, 2.45) is 0 Å². The average molecular weight is 673 g/mol. The van der Waals surface area contributed by atoms with Crippen molar-refractivity contribution < 1.29 is 30.2 Å². The minimum Gasteiger partial charge on any atom is -0.507 e. The first kappa shape index (κ1) is 24.0. The maximum atomic E-state index is 6.08. The van der Waals surface area contributed by atoms with Gasteiger partial charge in [0.2, 0.25) is 5.95 Å². The number of furan rings is 1. The molecule has 0 aliphatic heterocycles. The topological polar surface area (TPSA) is 61.0 Å². The Labute approximate surface area is 234 Å². The van der Waals surface area contributed by atoms with Crippen LogP contribution in [0.1, 0.15) is 22.4 Å². The van der Waals surface area contributed by atoms with Gasteiger partial charge in [0.25, 0.3) is 0 Å². The summed E-state index contributed by atoms with van der Waals surface area (Å²) in [6.07, 6.45) is 6.73. The quantitative estimate of drug-likeness (QED) is 0.187. The number of ether oxygens (including phenoxy) is 1. The van der Waals surface area contributed by atoms with Crippen LogP contribution in [0.4, 0.5) is 0 Å². The van der Waals surface area contributed by atoms with Crippen LogP contribution in [0, 0.1) is 12.1 Å². The third kappa shape index (κ3) is 3.79. The van der Waals surface area contributed by atoms with Crippen LogP contribution in [0.3, 0.4) is 0 Å². The Morgan fingerprint density at radius 2 is 1.34 bits per heavy atom. The van der Waals surface area contributed by atoms with Crippen LogP contribution in [-0.2, 0) is 26.5 Å². The zero-order chi connectivity index (χ0) is 24.7. The molecule has 0 amide bonds. The molecule has 0 radical (unpaired) electrons. The fourth-order valence-electron chi connectivity index (χ4n) is 5.23. The van der Waals surface area contributed by atoms with Crippen molar-refractivity contribution >= 4 is 0 Å². The molecule has 0 saturated heterocycles. The second kappa shape index (κ2) is 9.85. The average Bonchev–Trinajstić information content (AvgIpc) is 3.55. The van der Waals surface area contributed by atoms with Crippen molar-refractivity contribution in [2.45, 2.75) is 5.41 Å². The van der Waals surface area contributed by atoms with Crippen LogP contribution >= 0.6 is 0 Å². The molecule has 0 atom stereocenters.